The highest BCUT2D eigenvalue weighted by Gasteiger charge is 2.33. The van der Waals surface area contributed by atoms with E-state index in [0.717, 1.165) is 37.2 Å². The van der Waals surface area contributed by atoms with Gasteiger partial charge in [-0.2, -0.15) is 0 Å². The molecule has 1 saturated heterocycles. The molecule has 1 aromatic carbocycles. The van der Waals surface area contributed by atoms with E-state index >= 15 is 0 Å². The molecule has 6 heteroatoms. The van der Waals surface area contributed by atoms with Crippen LogP contribution in [0, 0.1) is 0 Å². The normalized spacial score (nSPS) is 17.1. The number of hydrogen-bond donors (Lipinski definition) is 2. The van der Waals surface area contributed by atoms with Crippen LogP contribution >= 0.6 is 0 Å². The second-order valence-corrected chi connectivity index (χ2v) is 6.46. The van der Waals surface area contributed by atoms with Crippen molar-refractivity contribution < 1.29 is 14.0 Å². The lowest BCUT2D eigenvalue weighted by atomic mass is 10.0. The second kappa shape index (κ2) is 8.67. The van der Waals surface area contributed by atoms with Crippen molar-refractivity contribution in [2.45, 2.75) is 38.8 Å². The van der Waals surface area contributed by atoms with Gasteiger partial charge in [-0.25, -0.2) is 0 Å². The second-order valence-electron chi connectivity index (χ2n) is 6.46. The zero-order valence-electron chi connectivity index (χ0n) is 15.0. The largest absolute Gasteiger partial charge is 0.459 e. The van der Waals surface area contributed by atoms with Crippen LogP contribution in [0.1, 0.15) is 42.3 Å². The molecule has 2 heterocycles. The first kappa shape index (κ1) is 18.2. The highest BCUT2D eigenvalue weighted by Crippen LogP contribution is 2.22. The first-order valence-electron chi connectivity index (χ1n) is 9.14. The van der Waals surface area contributed by atoms with Crippen molar-refractivity contribution in [1.82, 2.24) is 10.2 Å². The zero-order chi connectivity index (χ0) is 18.4. The number of piperidine rings is 1. The number of nitrogens with zero attached hydrogens (tertiary/aromatic N) is 1. The predicted molar refractivity (Wildman–Crippen MR) is 99.8 cm³/mol. The number of nitrogens with one attached hydrogen (secondary N) is 2. The fourth-order valence-corrected chi connectivity index (χ4v) is 3.24. The molecule has 26 heavy (non-hydrogen) atoms. The number of benzene rings is 1. The van der Waals surface area contributed by atoms with Crippen LogP contribution < -0.4 is 10.6 Å². The van der Waals surface area contributed by atoms with Crippen molar-refractivity contribution in [3.63, 3.8) is 0 Å². The lowest BCUT2D eigenvalue weighted by Crippen LogP contribution is -2.49. The molecule has 2 N–H and O–H groups in total. The van der Waals surface area contributed by atoms with E-state index in [1.807, 2.05) is 24.3 Å². The number of furan rings is 1. The van der Waals surface area contributed by atoms with E-state index in [0.29, 0.717) is 13.0 Å². The maximum atomic E-state index is 12.8. The average molecular weight is 355 g/mol. The number of carbonyl (C=O) groups is 2. The quantitative estimate of drug-likeness (QED) is 0.835. The summed E-state index contributed by atoms with van der Waals surface area (Å²) >= 11 is 0. The van der Waals surface area contributed by atoms with Crippen molar-refractivity contribution in [2.24, 2.45) is 0 Å². The molecule has 1 aliphatic rings. The van der Waals surface area contributed by atoms with Gasteiger partial charge < -0.3 is 20.0 Å². The molecule has 0 saturated carbocycles. The minimum absolute atomic E-state index is 0.148. The molecule has 2 amide bonds. The van der Waals surface area contributed by atoms with Crippen LogP contribution in [-0.4, -0.2) is 35.8 Å². The fourth-order valence-electron chi connectivity index (χ4n) is 3.24. The van der Waals surface area contributed by atoms with Crippen LogP contribution in [0.25, 0.3) is 0 Å². The Balaban J connectivity index is 1.70. The Kier molecular flexibility index (Phi) is 6.07. The van der Waals surface area contributed by atoms with Gasteiger partial charge in [0, 0.05) is 18.8 Å². The number of rotatable bonds is 6. The molecule has 3 rings (SSSR count). The van der Waals surface area contributed by atoms with Crippen LogP contribution in [0.5, 0.6) is 0 Å². The highest BCUT2D eigenvalue weighted by molar-refractivity contribution is 6.00. The van der Waals surface area contributed by atoms with E-state index < -0.39 is 6.04 Å². The SMILES string of the molecule is CCNCc1cccc(NC(=O)C2CCCCN2C(=O)c2ccco2)c1. The first-order valence-corrected chi connectivity index (χ1v) is 9.14. The standard InChI is InChI=1S/C20H25N3O3/c1-2-21-14-15-7-5-8-16(13-15)22-19(24)17-9-3-4-11-23(17)20(25)18-10-6-12-26-18/h5-8,10,12-13,17,21H,2-4,9,11,14H2,1H3,(H,22,24). The van der Waals surface area contributed by atoms with Gasteiger partial charge in [0.1, 0.15) is 6.04 Å². The van der Waals surface area contributed by atoms with Gasteiger partial charge in [0.05, 0.1) is 6.26 Å². The summed E-state index contributed by atoms with van der Waals surface area (Å²) < 4.78 is 5.22. The topological polar surface area (TPSA) is 74.6 Å². The molecule has 1 unspecified atom stereocenters. The number of amides is 2. The Hall–Kier alpha value is -2.60. The van der Waals surface area contributed by atoms with E-state index in [2.05, 4.69) is 17.6 Å². The maximum absolute atomic E-state index is 12.8. The molecule has 0 radical (unpaired) electrons. The molecular weight excluding hydrogens is 330 g/mol. The zero-order valence-corrected chi connectivity index (χ0v) is 15.0. The average Bonchev–Trinajstić information content (AvgIpc) is 3.21. The first-order chi connectivity index (χ1) is 12.7. The van der Waals surface area contributed by atoms with Gasteiger partial charge in [0.15, 0.2) is 5.76 Å². The minimum Gasteiger partial charge on any atom is -0.459 e. The van der Waals surface area contributed by atoms with Crippen LogP contribution in [0.15, 0.2) is 47.1 Å². The van der Waals surface area contributed by atoms with Gasteiger partial charge >= 0.3 is 0 Å². The van der Waals surface area contributed by atoms with Crippen LogP contribution in [0.3, 0.4) is 0 Å². The number of likely N-dealkylation sites (tertiary alicyclic amines) is 1. The molecule has 1 atom stereocenters. The summed E-state index contributed by atoms with van der Waals surface area (Å²) in [6, 6.07) is 10.6. The van der Waals surface area contributed by atoms with Gasteiger partial charge in [-0.1, -0.05) is 19.1 Å². The van der Waals surface area contributed by atoms with Crippen molar-refractivity contribution in [3.05, 3.63) is 54.0 Å². The van der Waals surface area contributed by atoms with Crippen molar-refractivity contribution in [2.75, 3.05) is 18.4 Å². The molecule has 138 valence electrons. The number of hydrogen-bond acceptors (Lipinski definition) is 4. The summed E-state index contributed by atoms with van der Waals surface area (Å²) in [5.74, 6) is -0.0988. The number of anilines is 1. The molecule has 1 aliphatic heterocycles. The Morgan fingerprint density at radius 3 is 2.88 bits per heavy atom. The summed E-state index contributed by atoms with van der Waals surface area (Å²) in [4.78, 5) is 27.1. The molecule has 0 bridgehead atoms. The van der Waals surface area contributed by atoms with Gasteiger partial charge in [0.2, 0.25) is 5.91 Å². The summed E-state index contributed by atoms with van der Waals surface area (Å²) in [6.07, 6.45) is 3.96. The van der Waals surface area contributed by atoms with Crippen LogP contribution in [-0.2, 0) is 11.3 Å². The molecule has 0 spiro atoms. The van der Waals surface area contributed by atoms with Gasteiger partial charge in [0.25, 0.3) is 5.91 Å². The van der Waals surface area contributed by atoms with E-state index in [-0.39, 0.29) is 17.6 Å². The summed E-state index contributed by atoms with van der Waals surface area (Å²) in [7, 11) is 0. The lowest BCUT2D eigenvalue weighted by molar-refractivity contribution is -0.121. The van der Waals surface area contributed by atoms with E-state index in [4.69, 9.17) is 4.42 Å². The van der Waals surface area contributed by atoms with E-state index in [1.165, 1.54) is 6.26 Å². The molecular formula is C20H25N3O3. The third-order valence-corrected chi connectivity index (χ3v) is 4.57. The van der Waals surface area contributed by atoms with E-state index in [1.54, 1.807) is 17.0 Å². The molecule has 0 aliphatic carbocycles. The Morgan fingerprint density at radius 1 is 1.23 bits per heavy atom. The molecule has 2 aromatic rings. The van der Waals surface area contributed by atoms with Crippen LogP contribution in [0.4, 0.5) is 5.69 Å². The van der Waals surface area contributed by atoms with Crippen molar-refractivity contribution >= 4 is 17.5 Å². The monoisotopic (exact) mass is 355 g/mol. The van der Waals surface area contributed by atoms with Gasteiger partial charge in [-0.3, -0.25) is 9.59 Å². The maximum Gasteiger partial charge on any atom is 0.290 e. The Labute approximate surface area is 153 Å². The van der Waals surface area contributed by atoms with Gasteiger partial charge in [-0.05, 0) is 55.6 Å². The summed E-state index contributed by atoms with van der Waals surface area (Å²) in [5, 5.41) is 6.24. The third kappa shape index (κ3) is 4.32. The number of carbonyl (C=O) groups excluding carboxylic acids is 2. The van der Waals surface area contributed by atoms with Crippen molar-refractivity contribution in [3.8, 4) is 0 Å². The Morgan fingerprint density at radius 2 is 2.12 bits per heavy atom. The molecule has 1 aromatic heterocycles. The summed E-state index contributed by atoms with van der Waals surface area (Å²) in [6.45, 7) is 4.27. The molecule has 1 fully saturated rings. The fraction of sp³-hybridized carbons (Fsp3) is 0.400. The summed E-state index contributed by atoms with van der Waals surface area (Å²) in [5.41, 5.74) is 1.86. The molecule has 6 nitrogen and oxygen atoms in total. The lowest BCUT2D eigenvalue weighted by Gasteiger charge is -2.34. The highest BCUT2D eigenvalue weighted by atomic mass is 16.3. The third-order valence-electron chi connectivity index (χ3n) is 4.57. The van der Waals surface area contributed by atoms with Crippen molar-refractivity contribution in [1.29, 1.82) is 0 Å². The smallest absolute Gasteiger partial charge is 0.290 e. The van der Waals surface area contributed by atoms with Crippen LogP contribution in [0.2, 0.25) is 0 Å². The minimum atomic E-state index is -0.473. The van der Waals surface area contributed by atoms with E-state index in [9.17, 15) is 9.59 Å². The Bertz CT molecular complexity index is 743. The van der Waals surface area contributed by atoms with Gasteiger partial charge in [-0.15, -0.1) is 0 Å². The predicted octanol–water partition coefficient (Wildman–Crippen LogP) is 3.02.